The van der Waals surface area contributed by atoms with Crippen LogP contribution < -0.4 is 5.32 Å². The van der Waals surface area contributed by atoms with Crippen molar-refractivity contribution in [2.45, 2.75) is 44.2 Å². The van der Waals surface area contributed by atoms with Gasteiger partial charge in [0.2, 0.25) is 11.8 Å². The second-order valence-corrected chi connectivity index (χ2v) is 7.83. The molecule has 1 saturated heterocycles. The minimum atomic E-state index is -0.503. The van der Waals surface area contributed by atoms with Crippen molar-refractivity contribution < 1.29 is 18.4 Å². The monoisotopic (exact) mass is 405 g/mol. The normalized spacial score (nSPS) is 18.5. The molecule has 2 aromatic heterocycles. The molecular weight excluding hydrogens is 382 g/mol. The van der Waals surface area contributed by atoms with E-state index in [4.69, 9.17) is 8.83 Å². The third kappa shape index (κ3) is 3.63. The number of oxazole rings is 1. The molecule has 1 aliphatic carbocycles. The molecule has 1 N–H and O–H groups in total. The number of aromatic nitrogens is 1. The number of rotatable bonds is 6. The van der Waals surface area contributed by atoms with Gasteiger partial charge in [-0.25, -0.2) is 4.98 Å². The van der Waals surface area contributed by atoms with Gasteiger partial charge < -0.3 is 19.1 Å². The van der Waals surface area contributed by atoms with Crippen LogP contribution >= 0.6 is 0 Å². The van der Waals surface area contributed by atoms with Crippen LogP contribution in [-0.2, 0) is 11.3 Å². The molecule has 0 radical (unpaired) electrons. The highest BCUT2D eigenvalue weighted by atomic mass is 16.4. The van der Waals surface area contributed by atoms with Crippen LogP contribution in [0.1, 0.15) is 53.6 Å². The van der Waals surface area contributed by atoms with Crippen molar-refractivity contribution in [3.05, 3.63) is 65.9 Å². The summed E-state index contributed by atoms with van der Waals surface area (Å²) in [5, 5.41) is 2.87. The molecule has 1 aliphatic heterocycles. The molecule has 5 rings (SSSR count). The summed E-state index contributed by atoms with van der Waals surface area (Å²) in [5.74, 6) is 1.64. The highest BCUT2D eigenvalue weighted by Gasteiger charge is 2.40. The summed E-state index contributed by atoms with van der Waals surface area (Å²) in [5.41, 5.74) is 1.19. The van der Waals surface area contributed by atoms with Gasteiger partial charge in [-0.15, -0.1) is 0 Å². The van der Waals surface area contributed by atoms with Gasteiger partial charge in [-0.1, -0.05) is 18.2 Å². The third-order valence-corrected chi connectivity index (χ3v) is 5.66. The number of carbonyl (C=O) groups excluding carboxylic acids is 2. The number of hydrogen-bond acceptors (Lipinski definition) is 5. The average molecular weight is 405 g/mol. The molecule has 1 aromatic carbocycles. The van der Waals surface area contributed by atoms with Crippen LogP contribution in [0.4, 0.5) is 0 Å². The molecule has 0 bridgehead atoms. The van der Waals surface area contributed by atoms with Crippen molar-refractivity contribution in [2.75, 3.05) is 6.54 Å². The SMILES string of the molecule is O=C(NCc1ccco1)C1CCCN1C(=O)c1nc(-c2ccccc2)oc1C1CC1. The van der Waals surface area contributed by atoms with Gasteiger partial charge >= 0.3 is 0 Å². The maximum Gasteiger partial charge on any atom is 0.276 e. The van der Waals surface area contributed by atoms with Gasteiger partial charge in [-0.05, 0) is 49.9 Å². The van der Waals surface area contributed by atoms with E-state index in [1.54, 1.807) is 23.3 Å². The zero-order chi connectivity index (χ0) is 20.5. The molecule has 1 unspecified atom stereocenters. The van der Waals surface area contributed by atoms with Gasteiger partial charge in [0.25, 0.3) is 5.91 Å². The number of nitrogens with zero attached hydrogens (tertiary/aromatic N) is 2. The van der Waals surface area contributed by atoms with E-state index in [0.29, 0.717) is 42.6 Å². The van der Waals surface area contributed by atoms with Crippen LogP contribution in [0.5, 0.6) is 0 Å². The summed E-state index contributed by atoms with van der Waals surface area (Å²) < 4.78 is 11.3. The van der Waals surface area contributed by atoms with Crippen molar-refractivity contribution >= 4 is 11.8 Å². The van der Waals surface area contributed by atoms with E-state index in [-0.39, 0.29) is 17.7 Å². The number of furan rings is 1. The Bertz CT molecular complexity index is 1040. The van der Waals surface area contributed by atoms with Crippen LogP contribution in [-0.4, -0.2) is 34.3 Å². The number of hydrogen-bond donors (Lipinski definition) is 1. The Morgan fingerprint density at radius 3 is 2.67 bits per heavy atom. The van der Waals surface area contributed by atoms with E-state index in [9.17, 15) is 9.59 Å². The quantitative estimate of drug-likeness (QED) is 0.675. The van der Waals surface area contributed by atoms with Crippen molar-refractivity contribution in [3.8, 4) is 11.5 Å². The Labute approximate surface area is 174 Å². The number of amides is 2. The molecule has 3 heterocycles. The zero-order valence-corrected chi connectivity index (χ0v) is 16.5. The first kappa shape index (κ1) is 18.7. The smallest absolute Gasteiger partial charge is 0.276 e. The zero-order valence-electron chi connectivity index (χ0n) is 16.5. The minimum absolute atomic E-state index is 0.169. The predicted octanol–water partition coefficient (Wildman–Crippen LogP) is 3.73. The van der Waals surface area contributed by atoms with E-state index in [2.05, 4.69) is 10.3 Å². The van der Waals surface area contributed by atoms with Crippen molar-refractivity contribution in [3.63, 3.8) is 0 Å². The second kappa shape index (κ2) is 7.82. The Hall–Kier alpha value is -3.35. The number of carbonyl (C=O) groups is 2. The lowest BCUT2D eigenvalue weighted by Gasteiger charge is -2.23. The summed E-state index contributed by atoms with van der Waals surface area (Å²) in [6, 6.07) is 12.7. The molecule has 7 heteroatoms. The van der Waals surface area contributed by atoms with Gasteiger partial charge in [-0.2, -0.15) is 0 Å². The summed E-state index contributed by atoms with van der Waals surface area (Å²) in [6.45, 7) is 0.842. The molecule has 154 valence electrons. The van der Waals surface area contributed by atoms with E-state index in [1.165, 1.54) is 0 Å². The molecule has 2 amide bonds. The topological polar surface area (TPSA) is 88.6 Å². The van der Waals surface area contributed by atoms with Gasteiger partial charge in [0.15, 0.2) is 5.69 Å². The first-order valence-electron chi connectivity index (χ1n) is 10.4. The van der Waals surface area contributed by atoms with E-state index < -0.39 is 6.04 Å². The molecule has 7 nitrogen and oxygen atoms in total. The first-order valence-corrected chi connectivity index (χ1v) is 10.4. The molecule has 3 aromatic rings. The predicted molar refractivity (Wildman–Crippen MR) is 109 cm³/mol. The van der Waals surface area contributed by atoms with Gasteiger partial charge in [0.1, 0.15) is 17.6 Å². The lowest BCUT2D eigenvalue weighted by molar-refractivity contribution is -0.125. The average Bonchev–Trinajstić information content (AvgIpc) is 3.19. The van der Waals surface area contributed by atoms with Crippen LogP contribution in [0.15, 0.2) is 57.6 Å². The molecular formula is C23H23N3O4. The van der Waals surface area contributed by atoms with Gasteiger partial charge in [0.05, 0.1) is 12.8 Å². The van der Waals surface area contributed by atoms with E-state index >= 15 is 0 Å². The Morgan fingerprint density at radius 2 is 1.93 bits per heavy atom. The lowest BCUT2D eigenvalue weighted by Crippen LogP contribution is -2.46. The molecule has 0 spiro atoms. The summed E-state index contributed by atoms with van der Waals surface area (Å²) in [7, 11) is 0. The fourth-order valence-corrected chi connectivity index (χ4v) is 3.94. The fraction of sp³-hybridized carbons (Fsp3) is 0.348. The van der Waals surface area contributed by atoms with Crippen molar-refractivity contribution in [1.29, 1.82) is 0 Å². The third-order valence-electron chi connectivity index (χ3n) is 5.66. The molecule has 1 saturated carbocycles. The van der Waals surface area contributed by atoms with Crippen LogP contribution in [0.2, 0.25) is 0 Å². The summed E-state index contributed by atoms with van der Waals surface area (Å²) in [6.07, 6.45) is 4.99. The fourth-order valence-electron chi connectivity index (χ4n) is 3.94. The number of benzene rings is 1. The highest BCUT2D eigenvalue weighted by Crippen LogP contribution is 2.43. The summed E-state index contributed by atoms with van der Waals surface area (Å²) >= 11 is 0. The lowest BCUT2D eigenvalue weighted by atomic mass is 10.1. The summed E-state index contributed by atoms with van der Waals surface area (Å²) in [4.78, 5) is 32.3. The highest BCUT2D eigenvalue weighted by molar-refractivity contribution is 5.97. The Balaban J connectivity index is 1.36. The number of nitrogens with one attached hydrogen (secondary N) is 1. The van der Waals surface area contributed by atoms with Crippen molar-refractivity contribution in [2.24, 2.45) is 0 Å². The standard InChI is InChI=1S/C23H23N3O4/c27-21(24-14-17-8-5-13-29-17)18-9-4-12-26(18)23(28)19-20(15-10-11-15)30-22(25-19)16-6-2-1-3-7-16/h1-3,5-8,13,15,18H,4,9-12,14H2,(H,24,27). The molecule has 30 heavy (non-hydrogen) atoms. The molecule has 1 atom stereocenters. The maximum atomic E-state index is 13.4. The maximum absolute atomic E-state index is 13.4. The first-order chi connectivity index (χ1) is 14.7. The van der Waals surface area contributed by atoms with E-state index in [1.807, 2.05) is 30.3 Å². The number of likely N-dealkylation sites (tertiary alicyclic amines) is 1. The Morgan fingerprint density at radius 1 is 1.10 bits per heavy atom. The van der Waals surface area contributed by atoms with Crippen LogP contribution in [0.3, 0.4) is 0 Å². The van der Waals surface area contributed by atoms with E-state index in [0.717, 1.165) is 24.8 Å². The molecule has 2 fully saturated rings. The minimum Gasteiger partial charge on any atom is -0.467 e. The van der Waals surface area contributed by atoms with Crippen LogP contribution in [0.25, 0.3) is 11.5 Å². The van der Waals surface area contributed by atoms with Gasteiger partial charge in [-0.3, -0.25) is 9.59 Å². The largest absolute Gasteiger partial charge is 0.467 e. The second-order valence-electron chi connectivity index (χ2n) is 7.83. The van der Waals surface area contributed by atoms with Gasteiger partial charge in [0, 0.05) is 18.0 Å². The Kier molecular flexibility index (Phi) is 4.86. The van der Waals surface area contributed by atoms with Crippen molar-refractivity contribution in [1.82, 2.24) is 15.2 Å². The molecule has 2 aliphatic rings. The van der Waals surface area contributed by atoms with Crippen LogP contribution in [0, 0.1) is 0 Å².